The van der Waals surface area contributed by atoms with Gasteiger partial charge in [-0.1, -0.05) is 0 Å². The lowest BCUT2D eigenvalue weighted by Gasteiger charge is -1.81. The Morgan fingerprint density at radius 2 is 2.56 bits per heavy atom. The largest absolute Gasteiger partial charge is 0.363 e. The lowest BCUT2D eigenvalue weighted by atomic mass is 10.6. The van der Waals surface area contributed by atoms with Gasteiger partial charge in [0.2, 0.25) is 0 Å². The fourth-order valence-corrected chi connectivity index (χ4v) is 0.714. The molecule has 0 unspecified atom stereocenters. The predicted molar refractivity (Wildman–Crippen MR) is 34.8 cm³/mol. The average Bonchev–Trinajstić information content (AvgIpc) is 2.14. The third-order valence-electron chi connectivity index (χ3n) is 0.778. The van der Waals surface area contributed by atoms with Gasteiger partial charge in [-0.2, -0.15) is 0 Å². The van der Waals surface area contributed by atoms with Gasteiger partial charge in [-0.25, -0.2) is 4.98 Å². The average molecular weight is 190 g/mol. The van der Waals surface area contributed by atoms with Gasteiger partial charge in [0, 0.05) is 0 Å². The zero-order valence-electron chi connectivity index (χ0n) is 4.39. The van der Waals surface area contributed by atoms with Crippen molar-refractivity contribution in [1.29, 1.82) is 0 Å². The molecule has 0 fully saturated rings. The summed E-state index contributed by atoms with van der Waals surface area (Å²) in [6.07, 6.45) is 1.47. The first-order valence-electron chi connectivity index (χ1n) is 2.20. The molecule has 5 heteroatoms. The molecule has 0 aliphatic heterocycles. The Balaban J connectivity index is 2.98. The van der Waals surface area contributed by atoms with Crippen LogP contribution in [0.25, 0.3) is 0 Å². The maximum absolute atomic E-state index is 10.3. The standard InChI is InChI=1S/C4H4BrN3O/c5-2-1-7-4(8-2)3(6)9/h1H,(H2,6,9)(H,7,8). The van der Waals surface area contributed by atoms with E-state index in [1.807, 2.05) is 0 Å². The van der Waals surface area contributed by atoms with Gasteiger partial charge in [-0.05, 0) is 15.9 Å². The number of carbonyl (C=O) groups is 1. The molecule has 3 N–H and O–H groups in total. The van der Waals surface area contributed by atoms with E-state index in [0.717, 1.165) is 0 Å². The Kier molecular flexibility index (Phi) is 1.52. The van der Waals surface area contributed by atoms with Crippen LogP contribution >= 0.6 is 15.9 Å². The summed E-state index contributed by atoms with van der Waals surface area (Å²) < 4.78 is 0.649. The van der Waals surface area contributed by atoms with Crippen LogP contribution in [0.2, 0.25) is 0 Å². The minimum Gasteiger partial charge on any atom is -0.363 e. The van der Waals surface area contributed by atoms with Gasteiger partial charge >= 0.3 is 0 Å². The van der Waals surface area contributed by atoms with E-state index in [9.17, 15) is 4.79 Å². The molecule has 48 valence electrons. The van der Waals surface area contributed by atoms with Crippen molar-refractivity contribution in [2.75, 3.05) is 0 Å². The van der Waals surface area contributed by atoms with Gasteiger partial charge in [0.05, 0.1) is 6.20 Å². The molecule has 1 rings (SSSR count). The second kappa shape index (κ2) is 2.18. The number of nitrogens with one attached hydrogen (secondary N) is 1. The lowest BCUT2D eigenvalue weighted by Crippen LogP contribution is -2.12. The summed E-state index contributed by atoms with van der Waals surface area (Å²) in [6.45, 7) is 0. The van der Waals surface area contributed by atoms with E-state index >= 15 is 0 Å². The van der Waals surface area contributed by atoms with Crippen LogP contribution in [0.15, 0.2) is 10.8 Å². The van der Waals surface area contributed by atoms with E-state index in [2.05, 4.69) is 25.9 Å². The zero-order chi connectivity index (χ0) is 6.85. The number of carbonyl (C=O) groups excluding carboxylic acids is 1. The second-order valence-electron chi connectivity index (χ2n) is 1.44. The van der Waals surface area contributed by atoms with Gasteiger partial charge in [-0.3, -0.25) is 4.79 Å². The van der Waals surface area contributed by atoms with Crippen LogP contribution in [0.1, 0.15) is 10.6 Å². The van der Waals surface area contributed by atoms with E-state index in [0.29, 0.717) is 4.60 Å². The van der Waals surface area contributed by atoms with Crippen molar-refractivity contribution < 1.29 is 4.79 Å². The summed E-state index contributed by atoms with van der Waals surface area (Å²) in [5.74, 6) is -0.387. The number of nitrogens with two attached hydrogens (primary N) is 1. The highest BCUT2D eigenvalue weighted by Crippen LogP contribution is 2.03. The first-order chi connectivity index (χ1) is 4.20. The number of halogens is 1. The molecular weight excluding hydrogens is 186 g/mol. The smallest absolute Gasteiger partial charge is 0.284 e. The van der Waals surface area contributed by atoms with Crippen LogP contribution in [0.3, 0.4) is 0 Å². The summed E-state index contributed by atoms with van der Waals surface area (Å²) in [4.78, 5) is 16.6. The Morgan fingerprint density at radius 3 is 2.78 bits per heavy atom. The summed E-state index contributed by atoms with van der Waals surface area (Å²) >= 11 is 3.07. The highest BCUT2D eigenvalue weighted by atomic mass is 79.9. The SMILES string of the molecule is NC(=O)c1ncc(Br)[nH]1. The normalized spacial score (nSPS) is 9.44. The number of nitrogens with zero attached hydrogens (tertiary/aromatic N) is 1. The van der Waals surface area contributed by atoms with Gasteiger partial charge in [0.25, 0.3) is 5.91 Å². The third kappa shape index (κ3) is 1.29. The number of aromatic amines is 1. The molecule has 0 radical (unpaired) electrons. The molecule has 0 spiro atoms. The molecule has 0 saturated heterocycles. The lowest BCUT2D eigenvalue weighted by molar-refractivity contribution is 0.0991. The fraction of sp³-hybridized carbons (Fsp3) is 0. The van der Waals surface area contributed by atoms with E-state index < -0.39 is 5.91 Å². The van der Waals surface area contributed by atoms with Crippen LogP contribution in [0, 0.1) is 0 Å². The molecule has 0 aliphatic carbocycles. The number of rotatable bonds is 1. The Hall–Kier alpha value is -0.840. The van der Waals surface area contributed by atoms with Gasteiger partial charge in [-0.15, -0.1) is 0 Å². The summed E-state index contributed by atoms with van der Waals surface area (Å²) in [7, 11) is 0. The molecule has 0 atom stereocenters. The van der Waals surface area contributed by atoms with Gasteiger partial charge < -0.3 is 10.7 Å². The third-order valence-corrected chi connectivity index (χ3v) is 1.18. The van der Waals surface area contributed by atoms with Crippen LogP contribution < -0.4 is 5.73 Å². The van der Waals surface area contributed by atoms with Gasteiger partial charge in [0.15, 0.2) is 5.82 Å². The molecule has 0 bridgehead atoms. The molecule has 9 heavy (non-hydrogen) atoms. The van der Waals surface area contributed by atoms with Crippen molar-refractivity contribution in [1.82, 2.24) is 9.97 Å². The molecule has 1 amide bonds. The highest BCUT2D eigenvalue weighted by Gasteiger charge is 2.01. The Bertz CT molecular complexity index is 231. The van der Waals surface area contributed by atoms with Crippen molar-refractivity contribution in [3.05, 3.63) is 16.6 Å². The van der Waals surface area contributed by atoms with Crippen LogP contribution in [0.5, 0.6) is 0 Å². The minimum atomic E-state index is -0.555. The molecule has 0 aliphatic rings. The van der Waals surface area contributed by atoms with E-state index in [4.69, 9.17) is 5.73 Å². The topological polar surface area (TPSA) is 71.8 Å². The molecule has 1 heterocycles. The quantitative estimate of drug-likeness (QED) is 0.667. The van der Waals surface area contributed by atoms with E-state index in [-0.39, 0.29) is 5.82 Å². The second-order valence-corrected chi connectivity index (χ2v) is 2.30. The fourth-order valence-electron chi connectivity index (χ4n) is 0.424. The van der Waals surface area contributed by atoms with Gasteiger partial charge in [0.1, 0.15) is 4.60 Å². The maximum Gasteiger partial charge on any atom is 0.284 e. The zero-order valence-corrected chi connectivity index (χ0v) is 5.97. The molecule has 1 aromatic heterocycles. The van der Waals surface area contributed by atoms with Crippen molar-refractivity contribution in [2.45, 2.75) is 0 Å². The number of hydrogen-bond acceptors (Lipinski definition) is 2. The number of H-pyrrole nitrogens is 1. The summed E-state index contributed by atoms with van der Waals surface area (Å²) in [6, 6.07) is 0. The predicted octanol–water partition coefficient (Wildman–Crippen LogP) is 0.271. The minimum absolute atomic E-state index is 0.168. The molecule has 0 aromatic carbocycles. The monoisotopic (exact) mass is 189 g/mol. The van der Waals surface area contributed by atoms with Crippen LogP contribution in [-0.4, -0.2) is 15.9 Å². The first kappa shape index (κ1) is 6.28. The molecular formula is C4H4BrN3O. The summed E-state index contributed by atoms with van der Waals surface area (Å²) in [5, 5.41) is 0. The van der Waals surface area contributed by atoms with Crippen LogP contribution in [-0.2, 0) is 0 Å². The first-order valence-corrected chi connectivity index (χ1v) is 3.00. The number of aromatic nitrogens is 2. The molecule has 4 nitrogen and oxygen atoms in total. The maximum atomic E-state index is 10.3. The summed E-state index contributed by atoms with van der Waals surface area (Å²) in [5.41, 5.74) is 4.87. The van der Waals surface area contributed by atoms with Crippen molar-refractivity contribution >= 4 is 21.8 Å². The number of primary amides is 1. The number of amides is 1. The molecule has 0 saturated carbocycles. The van der Waals surface area contributed by atoms with Crippen molar-refractivity contribution in [3.63, 3.8) is 0 Å². The highest BCUT2D eigenvalue weighted by molar-refractivity contribution is 9.10. The Labute approximate surface area is 59.6 Å². The number of imidazole rings is 1. The Morgan fingerprint density at radius 1 is 1.89 bits per heavy atom. The van der Waals surface area contributed by atoms with E-state index in [1.54, 1.807) is 0 Å². The van der Waals surface area contributed by atoms with Crippen molar-refractivity contribution in [2.24, 2.45) is 5.73 Å². The number of hydrogen-bond donors (Lipinski definition) is 2. The van der Waals surface area contributed by atoms with E-state index in [1.165, 1.54) is 6.20 Å². The molecule has 1 aromatic rings. The van der Waals surface area contributed by atoms with Crippen LogP contribution in [0.4, 0.5) is 0 Å². The van der Waals surface area contributed by atoms with Crippen molar-refractivity contribution in [3.8, 4) is 0 Å².